The van der Waals surface area contributed by atoms with Gasteiger partial charge < -0.3 is 18.9 Å². The lowest BCUT2D eigenvalue weighted by atomic mass is 10.2. The molecule has 0 bridgehead atoms. The Morgan fingerprint density at radius 1 is 1.00 bits per heavy atom. The monoisotopic (exact) mass is 304 g/mol. The van der Waals surface area contributed by atoms with Gasteiger partial charge in [0.15, 0.2) is 11.5 Å². The summed E-state index contributed by atoms with van der Waals surface area (Å²) >= 11 is 3.35. The van der Waals surface area contributed by atoms with Crippen LogP contribution < -0.4 is 18.9 Å². The number of alkyl halides is 1. The van der Waals surface area contributed by atoms with Crippen LogP contribution in [-0.2, 0) is 0 Å². The van der Waals surface area contributed by atoms with E-state index in [1.54, 1.807) is 33.5 Å². The zero-order chi connectivity index (χ0) is 12.7. The summed E-state index contributed by atoms with van der Waals surface area (Å²) in [6, 6.07) is 3.57. The van der Waals surface area contributed by atoms with Crippen LogP contribution in [0.15, 0.2) is 12.1 Å². The third-order valence-electron chi connectivity index (χ3n) is 2.18. The van der Waals surface area contributed by atoms with Gasteiger partial charge in [-0.3, -0.25) is 0 Å². The number of ether oxygens (including phenoxy) is 4. The molecule has 0 heterocycles. The SMILES string of the molecule is COc1cc(OCCCBr)cc(OC)c1OC. The van der Waals surface area contributed by atoms with Crippen LogP contribution in [0.5, 0.6) is 23.0 Å². The average Bonchev–Trinajstić information content (AvgIpc) is 2.37. The Morgan fingerprint density at radius 3 is 2.00 bits per heavy atom. The van der Waals surface area contributed by atoms with Crippen molar-refractivity contribution in [1.82, 2.24) is 0 Å². The van der Waals surface area contributed by atoms with Crippen LogP contribution in [-0.4, -0.2) is 33.3 Å². The molecule has 96 valence electrons. The summed E-state index contributed by atoms with van der Waals surface area (Å²) in [6.45, 7) is 0.643. The number of rotatable bonds is 7. The molecule has 0 spiro atoms. The highest BCUT2D eigenvalue weighted by Crippen LogP contribution is 2.40. The number of hydrogen-bond acceptors (Lipinski definition) is 4. The number of methoxy groups -OCH3 is 3. The maximum atomic E-state index is 5.59. The Kier molecular flexibility index (Phi) is 5.97. The van der Waals surface area contributed by atoms with E-state index in [9.17, 15) is 0 Å². The molecule has 0 N–H and O–H groups in total. The highest BCUT2D eigenvalue weighted by Gasteiger charge is 2.13. The van der Waals surface area contributed by atoms with Gasteiger partial charge in [-0.15, -0.1) is 0 Å². The van der Waals surface area contributed by atoms with Gasteiger partial charge in [0.2, 0.25) is 5.75 Å². The van der Waals surface area contributed by atoms with Crippen LogP contribution in [0.2, 0.25) is 0 Å². The average molecular weight is 305 g/mol. The van der Waals surface area contributed by atoms with Crippen LogP contribution in [0.25, 0.3) is 0 Å². The lowest BCUT2D eigenvalue weighted by Crippen LogP contribution is -2.00. The van der Waals surface area contributed by atoms with Crippen molar-refractivity contribution in [2.24, 2.45) is 0 Å². The molecule has 0 aliphatic carbocycles. The normalized spacial score (nSPS) is 9.88. The molecular formula is C12H17BrO4. The molecule has 5 heteroatoms. The summed E-state index contributed by atoms with van der Waals surface area (Å²) in [7, 11) is 4.74. The molecular weight excluding hydrogens is 288 g/mol. The van der Waals surface area contributed by atoms with Crippen LogP contribution in [0, 0.1) is 0 Å². The van der Waals surface area contributed by atoms with E-state index in [-0.39, 0.29) is 0 Å². The molecule has 0 fully saturated rings. The smallest absolute Gasteiger partial charge is 0.203 e. The molecule has 1 aromatic rings. The van der Waals surface area contributed by atoms with E-state index in [0.29, 0.717) is 29.6 Å². The first-order valence-corrected chi connectivity index (χ1v) is 6.37. The predicted molar refractivity (Wildman–Crippen MR) is 70.0 cm³/mol. The standard InChI is InChI=1S/C12H17BrO4/c1-14-10-7-9(17-6-4-5-13)8-11(15-2)12(10)16-3/h7-8H,4-6H2,1-3H3. The van der Waals surface area contributed by atoms with Crippen molar-refractivity contribution in [2.45, 2.75) is 6.42 Å². The van der Waals surface area contributed by atoms with Gasteiger partial charge in [0.05, 0.1) is 27.9 Å². The van der Waals surface area contributed by atoms with Crippen molar-refractivity contribution in [3.8, 4) is 23.0 Å². The van der Waals surface area contributed by atoms with Gasteiger partial charge in [0.1, 0.15) is 5.75 Å². The van der Waals surface area contributed by atoms with Crippen LogP contribution in [0.3, 0.4) is 0 Å². The van der Waals surface area contributed by atoms with E-state index in [1.807, 2.05) is 0 Å². The van der Waals surface area contributed by atoms with Gasteiger partial charge in [-0.05, 0) is 6.42 Å². The zero-order valence-corrected chi connectivity index (χ0v) is 11.9. The van der Waals surface area contributed by atoms with Gasteiger partial charge in [-0.25, -0.2) is 0 Å². The molecule has 1 rings (SSSR count). The number of benzene rings is 1. The van der Waals surface area contributed by atoms with Crippen LogP contribution >= 0.6 is 15.9 Å². The van der Waals surface area contributed by atoms with Gasteiger partial charge >= 0.3 is 0 Å². The molecule has 0 saturated heterocycles. The van der Waals surface area contributed by atoms with Crippen molar-refractivity contribution in [2.75, 3.05) is 33.3 Å². The van der Waals surface area contributed by atoms with Crippen molar-refractivity contribution in [1.29, 1.82) is 0 Å². The molecule has 0 amide bonds. The van der Waals surface area contributed by atoms with Crippen molar-refractivity contribution in [3.05, 3.63) is 12.1 Å². The summed E-state index contributed by atoms with van der Waals surface area (Å²) in [4.78, 5) is 0. The second-order valence-corrected chi connectivity index (χ2v) is 4.05. The largest absolute Gasteiger partial charge is 0.493 e. The molecule has 0 aliphatic rings. The fraction of sp³-hybridized carbons (Fsp3) is 0.500. The Labute approximate surface area is 110 Å². The van der Waals surface area contributed by atoms with Crippen LogP contribution in [0.1, 0.15) is 6.42 Å². The van der Waals surface area contributed by atoms with Crippen molar-refractivity contribution < 1.29 is 18.9 Å². The summed E-state index contributed by atoms with van der Waals surface area (Å²) < 4.78 is 21.3. The van der Waals surface area contributed by atoms with Gasteiger partial charge in [-0.1, -0.05) is 15.9 Å². The molecule has 0 atom stereocenters. The number of halogens is 1. The second-order valence-electron chi connectivity index (χ2n) is 3.25. The Bertz CT molecular complexity index is 329. The topological polar surface area (TPSA) is 36.9 Å². The quantitative estimate of drug-likeness (QED) is 0.573. The molecule has 0 saturated carbocycles. The third-order valence-corrected chi connectivity index (χ3v) is 2.75. The molecule has 1 aromatic carbocycles. The predicted octanol–water partition coefficient (Wildman–Crippen LogP) is 2.88. The van der Waals surface area contributed by atoms with Crippen LogP contribution in [0.4, 0.5) is 0 Å². The first-order chi connectivity index (χ1) is 8.26. The van der Waals surface area contributed by atoms with E-state index in [2.05, 4.69) is 15.9 Å². The third kappa shape index (κ3) is 3.70. The molecule has 17 heavy (non-hydrogen) atoms. The van der Waals surface area contributed by atoms with Crippen molar-refractivity contribution >= 4 is 15.9 Å². The first-order valence-electron chi connectivity index (χ1n) is 5.25. The summed E-state index contributed by atoms with van der Waals surface area (Å²) in [6.07, 6.45) is 0.941. The minimum atomic E-state index is 0.572. The minimum Gasteiger partial charge on any atom is -0.493 e. The van der Waals surface area contributed by atoms with Gasteiger partial charge in [0, 0.05) is 17.5 Å². The first kappa shape index (κ1) is 14.0. The molecule has 0 unspecified atom stereocenters. The maximum Gasteiger partial charge on any atom is 0.203 e. The van der Waals surface area contributed by atoms with Gasteiger partial charge in [0.25, 0.3) is 0 Å². The summed E-state index contributed by atoms with van der Waals surface area (Å²) in [5.74, 6) is 2.48. The zero-order valence-electron chi connectivity index (χ0n) is 10.3. The summed E-state index contributed by atoms with van der Waals surface area (Å²) in [5.41, 5.74) is 0. The van der Waals surface area contributed by atoms with Crippen molar-refractivity contribution in [3.63, 3.8) is 0 Å². The van der Waals surface area contributed by atoms with Gasteiger partial charge in [-0.2, -0.15) is 0 Å². The molecule has 4 nitrogen and oxygen atoms in total. The van der Waals surface area contributed by atoms with E-state index in [4.69, 9.17) is 18.9 Å². The Morgan fingerprint density at radius 2 is 1.59 bits per heavy atom. The molecule has 0 aromatic heterocycles. The molecule has 0 radical (unpaired) electrons. The highest BCUT2D eigenvalue weighted by molar-refractivity contribution is 9.09. The number of hydrogen-bond donors (Lipinski definition) is 0. The maximum absolute atomic E-state index is 5.59. The summed E-state index contributed by atoms with van der Waals surface area (Å²) in [5, 5.41) is 0.914. The van der Waals surface area contributed by atoms with E-state index >= 15 is 0 Å². The van der Waals surface area contributed by atoms with E-state index < -0.39 is 0 Å². The lowest BCUT2D eigenvalue weighted by Gasteiger charge is -2.14. The Balaban J connectivity index is 2.92. The van der Waals surface area contributed by atoms with E-state index in [1.165, 1.54) is 0 Å². The van der Waals surface area contributed by atoms with E-state index in [0.717, 1.165) is 11.8 Å². The second kappa shape index (κ2) is 7.27. The lowest BCUT2D eigenvalue weighted by molar-refractivity contribution is 0.299. The Hall–Kier alpha value is -1.10. The minimum absolute atomic E-state index is 0.572. The highest BCUT2D eigenvalue weighted by atomic mass is 79.9. The molecule has 0 aliphatic heterocycles. The fourth-order valence-electron chi connectivity index (χ4n) is 1.38. The fourth-order valence-corrected chi connectivity index (χ4v) is 1.61.